The minimum absolute atomic E-state index is 0.0840. The molecule has 0 unspecified atom stereocenters. The van der Waals surface area contributed by atoms with Crippen LogP contribution in [-0.4, -0.2) is 59.2 Å². The van der Waals surface area contributed by atoms with Crippen molar-refractivity contribution in [3.63, 3.8) is 0 Å². The number of aromatic nitrogens is 1. The summed E-state index contributed by atoms with van der Waals surface area (Å²) in [5.41, 5.74) is 3.05. The van der Waals surface area contributed by atoms with E-state index in [0.29, 0.717) is 38.8 Å². The maximum atomic E-state index is 13.0. The lowest BCUT2D eigenvalue weighted by atomic mass is 10.2. The van der Waals surface area contributed by atoms with E-state index in [-0.39, 0.29) is 12.0 Å². The van der Waals surface area contributed by atoms with E-state index >= 15 is 0 Å². The second-order valence-electron chi connectivity index (χ2n) is 6.72. The van der Waals surface area contributed by atoms with Crippen molar-refractivity contribution in [2.24, 2.45) is 0 Å². The number of ether oxygens (including phenoxy) is 1. The van der Waals surface area contributed by atoms with E-state index < -0.39 is 0 Å². The Kier molecular flexibility index (Phi) is 4.83. The first-order chi connectivity index (χ1) is 11.5. The van der Waals surface area contributed by atoms with E-state index in [9.17, 15) is 9.59 Å². The molecule has 1 aromatic rings. The number of hydrogen-bond donors (Lipinski definition) is 0. The summed E-state index contributed by atoms with van der Waals surface area (Å²) < 4.78 is 7.37. The fraction of sp³-hybridized carbons (Fsp3) is 0.667. The van der Waals surface area contributed by atoms with Gasteiger partial charge in [0.15, 0.2) is 0 Å². The topological polar surface area (TPSA) is 54.8 Å². The zero-order valence-corrected chi connectivity index (χ0v) is 14.9. The highest BCUT2D eigenvalue weighted by Gasteiger charge is 2.30. The molecule has 0 spiro atoms. The van der Waals surface area contributed by atoms with Crippen LogP contribution >= 0.6 is 0 Å². The zero-order chi connectivity index (χ0) is 17.3. The van der Waals surface area contributed by atoms with Crippen LogP contribution in [-0.2, 0) is 4.74 Å². The van der Waals surface area contributed by atoms with Crippen molar-refractivity contribution in [2.45, 2.75) is 46.1 Å². The molecule has 0 aromatic carbocycles. The zero-order valence-electron chi connectivity index (χ0n) is 14.9. The fourth-order valence-electron chi connectivity index (χ4n) is 3.58. The van der Waals surface area contributed by atoms with Crippen molar-refractivity contribution < 1.29 is 14.3 Å². The molecular weight excluding hydrogens is 306 g/mol. The first-order valence-electron chi connectivity index (χ1n) is 8.92. The van der Waals surface area contributed by atoms with E-state index in [0.717, 1.165) is 17.7 Å². The monoisotopic (exact) mass is 333 g/mol. The summed E-state index contributed by atoms with van der Waals surface area (Å²) in [6, 6.07) is 2.60. The molecule has 1 aromatic heterocycles. The van der Waals surface area contributed by atoms with Crippen molar-refractivity contribution in [1.29, 1.82) is 0 Å². The lowest BCUT2D eigenvalue weighted by Crippen LogP contribution is -2.37. The number of amides is 2. The van der Waals surface area contributed by atoms with Crippen molar-refractivity contribution in [1.82, 2.24) is 14.4 Å². The highest BCUT2D eigenvalue weighted by molar-refractivity contribution is 5.95. The SMILES string of the molecule is CCOC(=O)N1CCCN(C(=O)c2cc(C)n(C3CC3)c2C)CC1. The third-order valence-corrected chi connectivity index (χ3v) is 4.94. The highest BCUT2D eigenvalue weighted by atomic mass is 16.6. The quantitative estimate of drug-likeness (QED) is 0.855. The summed E-state index contributed by atoms with van der Waals surface area (Å²) >= 11 is 0. The van der Waals surface area contributed by atoms with Crippen LogP contribution in [0, 0.1) is 13.8 Å². The van der Waals surface area contributed by atoms with Gasteiger partial charge in [-0.05, 0) is 46.1 Å². The highest BCUT2D eigenvalue weighted by Crippen LogP contribution is 2.38. The van der Waals surface area contributed by atoms with Gasteiger partial charge in [0.1, 0.15) is 0 Å². The molecule has 1 aliphatic heterocycles. The molecule has 0 N–H and O–H groups in total. The molecule has 2 fully saturated rings. The van der Waals surface area contributed by atoms with E-state index in [1.165, 1.54) is 18.5 Å². The minimum Gasteiger partial charge on any atom is -0.450 e. The average Bonchev–Trinajstić information content (AvgIpc) is 3.35. The Balaban J connectivity index is 1.69. The molecule has 1 aliphatic carbocycles. The van der Waals surface area contributed by atoms with Gasteiger partial charge in [-0.2, -0.15) is 0 Å². The molecular formula is C18H27N3O3. The van der Waals surface area contributed by atoms with Crippen LogP contribution < -0.4 is 0 Å². The number of nitrogens with zero attached hydrogens (tertiary/aromatic N) is 3. The Bertz CT molecular complexity index is 634. The molecule has 0 atom stereocenters. The molecule has 2 amide bonds. The Morgan fingerprint density at radius 2 is 1.79 bits per heavy atom. The standard InChI is InChI=1S/C18H27N3O3/c1-4-24-18(23)20-9-5-8-19(10-11-20)17(22)16-12-13(2)21(14(16)3)15-6-7-15/h12,15H,4-11H2,1-3H3. The largest absolute Gasteiger partial charge is 0.450 e. The van der Waals surface area contributed by atoms with E-state index in [1.54, 1.807) is 11.8 Å². The molecule has 6 heteroatoms. The molecule has 24 heavy (non-hydrogen) atoms. The Morgan fingerprint density at radius 1 is 1.12 bits per heavy atom. The van der Waals surface area contributed by atoms with Gasteiger partial charge in [0, 0.05) is 43.6 Å². The Hall–Kier alpha value is -1.98. The van der Waals surface area contributed by atoms with Gasteiger partial charge in [-0.15, -0.1) is 0 Å². The van der Waals surface area contributed by atoms with Gasteiger partial charge in [-0.1, -0.05) is 0 Å². The third-order valence-electron chi connectivity index (χ3n) is 4.94. The Labute approximate surface area is 143 Å². The normalized spacial score (nSPS) is 18.5. The van der Waals surface area contributed by atoms with Crippen LogP contribution in [0.3, 0.4) is 0 Å². The summed E-state index contributed by atoms with van der Waals surface area (Å²) in [6.07, 6.45) is 2.93. The summed E-state index contributed by atoms with van der Waals surface area (Å²) in [7, 11) is 0. The maximum Gasteiger partial charge on any atom is 0.409 e. The molecule has 6 nitrogen and oxygen atoms in total. The molecule has 3 rings (SSSR count). The van der Waals surface area contributed by atoms with Gasteiger partial charge in [-0.25, -0.2) is 4.79 Å². The Morgan fingerprint density at radius 3 is 2.46 bits per heavy atom. The van der Waals surface area contributed by atoms with Crippen LogP contribution in [0.1, 0.15) is 54.0 Å². The van der Waals surface area contributed by atoms with Crippen LogP contribution in [0.15, 0.2) is 6.07 Å². The van der Waals surface area contributed by atoms with Crippen molar-refractivity contribution >= 4 is 12.0 Å². The fourth-order valence-corrected chi connectivity index (χ4v) is 3.58. The summed E-state index contributed by atoms with van der Waals surface area (Å²) in [5.74, 6) is 0.0840. The second kappa shape index (κ2) is 6.87. The van der Waals surface area contributed by atoms with Crippen LogP contribution in [0.2, 0.25) is 0 Å². The first-order valence-corrected chi connectivity index (χ1v) is 8.92. The van der Waals surface area contributed by atoms with Crippen LogP contribution in [0.5, 0.6) is 0 Å². The first kappa shape index (κ1) is 16.9. The number of aryl methyl sites for hydroxylation is 1. The molecule has 0 bridgehead atoms. The van der Waals surface area contributed by atoms with E-state index in [1.807, 2.05) is 17.9 Å². The van der Waals surface area contributed by atoms with Gasteiger partial charge < -0.3 is 19.1 Å². The lowest BCUT2D eigenvalue weighted by Gasteiger charge is -2.22. The van der Waals surface area contributed by atoms with Crippen molar-refractivity contribution in [3.8, 4) is 0 Å². The van der Waals surface area contributed by atoms with Gasteiger partial charge in [0.2, 0.25) is 0 Å². The molecule has 132 valence electrons. The number of carbonyl (C=O) groups is 2. The van der Waals surface area contributed by atoms with Crippen LogP contribution in [0.25, 0.3) is 0 Å². The van der Waals surface area contributed by atoms with Gasteiger partial charge in [-0.3, -0.25) is 4.79 Å². The van der Waals surface area contributed by atoms with Crippen LogP contribution in [0.4, 0.5) is 4.79 Å². The molecule has 2 heterocycles. The van der Waals surface area contributed by atoms with E-state index in [2.05, 4.69) is 11.5 Å². The molecule has 1 saturated heterocycles. The summed E-state index contributed by atoms with van der Waals surface area (Å²) in [4.78, 5) is 28.4. The number of hydrogen-bond acceptors (Lipinski definition) is 3. The average molecular weight is 333 g/mol. The number of rotatable bonds is 3. The lowest BCUT2D eigenvalue weighted by molar-refractivity contribution is 0.0752. The summed E-state index contributed by atoms with van der Waals surface area (Å²) in [6.45, 7) is 8.73. The van der Waals surface area contributed by atoms with Gasteiger partial charge in [0.25, 0.3) is 5.91 Å². The van der Waals surface area contributed by atoms with Crippen molar-refractivity contribution in [2.75, 3.05) is 32.8 Å². The maximum absolute atomic E-state index is 13.0. The molecule has 2 aliphatic rings. The van der Waals surface area contributed by atoms with Crippen molar-refractivity contribution in [3.05, 3.63) is 23.0 Å². The predicted molar refractivity (Wildman–Crippen MR) is 91.3 cm³/mol. The van der Waals surface area contributed by atoms with Gasteiger partial charge >= 0.3 is 6.09 Å². The predicted octanol–water partition coefficient (Wildman–Crippen LogP) is 2.74. The van der Waals surface area contributed by atoms with E-state index in [4.69, 9.17) is 4.74 Å². The minimum atomic E-state index is -0.279. The molecule has 1 saturated carbocycles. The summed E-state index contributed by atoms with van der Waals surface area (Å²) in [5, 5.41) is 0. The number of carbonyl (C=O) groups excluding carboxylic acids is 2. The van der Waals surface area contributed by atoms with Gasteiger partial charge in [0.05, 0.1) is 12.2 Å². The smallest absolute Gasteiger partial charge is 0.409 e. The second-order valence-corrected chi connectivity index (χ2v) is 6.72. The molecule has 0 radical (unpaired) electrons. The third kappa shape index (κ3) is 3.28.